The van der Waals surface area contributed by atoms with Crippen LogP contribution in [0.2, 0.25) is 0 Å². The molecule has 24 heavy (non-hydrogen) atoms. The molecule has 3 rings (SSSR count). The van der Waals surface area contributed by atoms with Crippen LogP contribution in [0.5, 0.6) is 5.75 Å². The zero-order valence-electron chi connectivity index (χ0n) is 13.5. The van der Waals surface area contributed by atoms with Crippen molar-refractivity contribution in [2.24, 2.45) is 0 Å². The van der Waals surface area contributed by atoms with Gasteiger partial charge in [0.1, 0.15) is 11.6 Å². The van der Waals surface area contributed by atoms with Crippen LogP contribution < -0.4 is 10.1 Å². The van der Waals surface area contributed by atoms with Crippen molar-refractivity contribution in [3.05, 3.63) is 40.7 Å². The van der Waals surface area contributed by atoms with Gasteiger partial charge in [-0.3, -0.25) is 14.5 Å². The van der Waals surface area contributed by atoms with Crippen LogP contribution >= 0.6 is 12.2 Å². The minimum Gasteiger partial charge on any atom is -0.478 e. The van der Waals surface area contributed by atoms with Gasteiger partial charge in [-0.05, 0) is 63.2 Å². The molecule has 1 heterocycles. The second-order valence-electron chi connectivity index (χ2n) is 6.30. The van der Waals surface area contributed by atoms with E-state index in [4.69, 9.17) is 17.0 Å². The molecular weight excluding hydrogens is 331 g/mol. The molecule has 1 aromatic carbocycles. The molecule has 0 atom stereocenters. The third-order valence-corrected chi connectivity index (χ3v) is 4.12. The van der Waals surface area contributed by atoms with E-state index in [0.717, 1.165) is 12.8 Å². The van der Waals surface area contributed by atoms with Gasteiger partial charge in [0.2, 0.25) is 0 Å². The van der Waals surface area contributed by atoms with E-state index in [1.165, 1.54) is 24.3 Å². The first kappa shape index (κ1) is 16.6. The molecule has 0 radical (unpaired) electrons. The maximum absolute atomic E-state index is 12.9. The molecule has 128 valence electrons. The molecule has 1 saturated carbocycles. The molecule has 0 saturated heterocycles. The van der Waals surface area contributed by atoms with Gasteiger partial charge in [0.15, 0.2) is 16.2 Å². The minimum atomic E-state index is -1.10. The molecular formula is C16H19FN4O2S. The Hall–Kier alpha value is -2.22. The van der Waals surface area contributed by atoms with Crippen LogP contribution in [0.4, 0.5) is 4.39 Å². The Morgan fingerprint density at radius 1 is 1.46 bits per heavy atom. The highest BCUT2D eigenvalue weighted by Gasteiger charge is 2.31. The van der Waals surface area contributed by atoms with Crippen LogP contribution in [0.1, 0.15) is 38.6 Å². The Morgan fingerprint density at radius 2 is 2.12 bits per heavy atom. The molecule has 2 aromatic rings. The Morgan fingerprint density at radius 3 is 2.75 bits per heavy atom. The van der Waals surface area contributed by atoms with Crippen molar-refractivity contribution in [2.75, 3.05) is 0 Å². The fourth-order valence-corrected chi connectivity index (χ4v) is 2.69. The second kappa shape index (κ2) is 6.35. The molecule has 1 aromatic heterocycles. The molecule has 0 spiro atoms. The molecule has 6 nitrogen and oxygen atoms in total. The highest BCUT2D eigenvalue weighted by atomic mass is 32.1. The lowest BCUT2D eigenvalue weighted by atomic mass is 10.1. The minimum absolute atomic E-state index is 0.263. The predicted octanol–water partition coefficient (Wildman–Crippen LogP) is 2.89. The van der Waals surface area contributed by atoms with Crippen LogP contribution in [0.15, 0.2) is 24.3 Å². The summed E-state index contributed by atoms with van der Waals surface area (Å²) >= 11 is 5.22. The summed E-state index contributed by atoms with van der Waals surface area (Å²) in [6, 6.07) is 5.94. The van der Waals surface area contributed by atoms with Crippen molar-refractivity contribution in [1.82, 2.24) is 20.1 Å². The number of nitrogens with zero attached hydrogens (tertiary/aromatic N) is 2. The first-order valence-corrected chi connectivity index (χ1v) is 8.16. The van der Waals surface area contributed by atoms with Crippen LogP contribution in [0, 0.1) is 10.6 Å². The third kappa shape index (κ3) is 3.64. The number of carbonyl (C=O) groups is 1. The number of aromatic amines is 1. The predicted molar refractivity (Wildman–Crippen MR) is 88.6 cm³/mol. The second-order valence-corrected chi connectivity index (χ2v) is 6.68. The zero-order valence-corrected chi connectivity index (χ0v) is 14.3. The Bertz CT molecular complexity index is 793. The van der Waals surface area contributed by atoms with E-state index in [0.29, 0.717) is 22.4 Å². The van der Waals surface area contributed by atoms with Crippen LogP contribution in [-0.2, 0) is 11.3 Å². The normalized spacial score (nSPS) is 14.5. The zero-order chi connectivity index (χ0) is 17.3. The van der Waals surface area contributed by atoms with Gasteiger partial charge in [-0.25, -0.2) is 4.39 Å². The monoisotopic (exact) mass is 350 g/mol. The number of hydrogen-bond acceptors (Lipinski definition) is 4. The number of amides is 1. The van der Waals surface area contributed by atoms with Gasteiger partial charge < -0.3 is 10.1 Å². The van der Waals surface area contributed by atoms with E-state index >= 15 is 0 Å². The van der Waals surface area contributed by atoms with Gasteiger partial charge in [0.25, 0.3) is 5.91 Å². The summed E-state index contributed by atoms with van der Waals surface area (Å²) in [7, 11) is 0. The highest BCUT2D eigenvalue weighted by Crippen LogP contribution is 2.35. The molecule has 1 aliphatic rings. The summed E-state index contributed by atoms with van der Waals surface area (Å²) < 4.78 is 21.1. The maximum Gasteiger partial charge on any atom is 0.263 e. The molecule has 1 amide bonds. The number of carbonyl (C=O) groups excluding carboxylic acids is 1. The van der Waals surface area contributed by atoms with Crippen molar-refractivity contribution < 1.29 is 13.9 Å². The molecule has 1 fully saturated rings. The molecule has 1 aliphatic carbocycles. The molecule has 8 heteroatoms. The van der Waals surface area contributed by atoms with E-state index in [2.05, 4.69) is 15.5 Å². The summed E-state index contributed by atoms with van der Waals surface area (Å²) in [5.41, 5.74) is -1.10. The molecule has 0 unspecified atom stereocenters. The molecule has 0 bridgehead atoms. The third-order valence-electron chi connectivity index (χ3n) is 3.83. The van der Waals surface area contributed by atoms with Gasteiger partial charge in [-0.1, -0.05) is 0 Å². The number of halogens is 1. The van der Waals surface area contributed by atoms with Crippen molar-refractivity contribution in [2.45, 2.75) is 44.9 Å². The van der Waals surface area contributed by atoms with Crippen molar-refractivity contribution >= 4 is 18.1 Å². The van der Waals surface area contributed by atoms with E-state index in [-0.39, 0.29) is 18.3 Å². The lowest BCUT2D eigenvalue weighted by Crippen LogP contribution is -2.46. The fraction of sp³-hybridized carbons (Fsp3) is 0.438. The molecule has 2 N–H and O–H groups in total. The largest absolute Gasteiger partial charge is 0.478 e. The lowest BCUT2D eigenvalue weighted by Gasteiger charge is -2.25. The van der Waals surface area contributed by atoms with Gasteiger partial charge in [0, 0.05) is 6.04 Å². The summed E-state index contributed by atoms with van der Waals surface area (Å²) in [6.07, 6.45) is 2.15. The van der Waals surface area contributed by atoms with E-state index in [9.17, 15) is 9.18 Å². The Kier molecular flexibility index (Phi) is 4.40. The topological polar surface area (TPSA) is 71.9 Å². The summed E-state index contributed by atoms with van der Waals surface area (Å²) in [5, 5.41) is 9.76. The van der Waals surface area contributed by atoms with Gasteiger partial charge in [0.05, 0.1) is 6.54 Å². The number of hydrogen-bond donors (Lipinski definition) is 2. The number of H-pyrrole nitrogens is 1. The summed E-state index contributed by atoms with van der Waals surface area (Å²) in [6.45, 7) is 3.58. The van der Waals surface area contributed by atoms with E-state index in [1.54, 1.807) is 13.8 Å². The number of nitrogens with one attached hydrogen (secondary N) is 2. The number of benzene rings is 1. The van der Waals surface area contributed by atoms with Gasteiger partial charge >= 0.3 is 0 Å². The standard InChI is InChI=1S/C16H19FN4O2S/c1-16(2,23-12-7-3-10(17)4-8-12)14(22)18-9-13-19-20-15(24)21(13)11-5-6-11/h3-4,7-8,11H,5-6,9H2,1-2H3,(H,18,22)(H,20,24). The smallest absolute Gasteiger partial charge is 0.263 e. The fourth-order valence-electron chi connectivity index (χ4n) is 2.39. The Balaban J connectivity index is 1.63. The quantitative estimate of drug-likeness (QED) is 0.786. The number of ether oxygens (including phenoxy) is 1. The maximum atomic E-state index is 12.9. The van der Waals surface area contributed by atoms with Gasteiger partial charge in [-0.2, -0.15) is 5.10 Å². The van der Waals surface area contributed by atoms with Crippen molar-refractivity contribution in [3.8, 4) is 5.75 Å². The average Bonchev–Trinajstić information content (AvgIpc) is 3.30. The lowest BCUT2D eigenvalue weighted by molar-refractivity contribution is -0.134. The van der Waals surface area contributed by atoms with E-state index in [1.807, 2.05) is 4.57 Å². The van der Waals surface area contributed by atoms with Gasteiger partial charge in [-0.15, -0.1) is 0 Å². The molecule has 0 aliphatic heterocycles. The van der Waals surface area contributed by atoms with Crippen LogP contribution in [0.3, 0.4) is 0 Å². The van der Waals surface area contributed by atoms with Crippen molar-refractivity contribution in [3.63, 3.8) is 0 Å². The first-order valence-electron chi connectivity index (χ1n) is 7.75. The Labute approximate surface area is 144 Å². The SMILES string of the molecule is CC(C)(Oc1ccc(F)cc1)C(=O)NCc1n[nH]c(=S)n1C1CC1. The number of rotatable bonds is 6. The average molecular weight is 350 g/mol. The van der Waals surface area contributed by atoms with Crippen molar-refractivity contribution in [1.29, 1.82) is 0 Å². The van der Waals surface area contributed by atoms with E-state index < -0.39 is 5.60 Å². The summed E-state index contributed by atoms with van der Waals surface area (Å²) in [4.78, 5) is 12.4. The van der Waals surface area contributed by atoms with Crippen LogP contribution in [0.25, 0.3) is 0 Å². The number of aromatic nitrogens is 3. The summed E-state index contributed by atoms with van der Waals surface area (Å²) in [5.74, 6) is 0.487. The highest BCUT2D eigenvalue weighted by molar-refractivity contribution is 7.71. The first-order chi connectivity index (χ1) is 11.4. The van der Waals surface area contributed by atoms with Crippen LogP contribution in [-0.4, -0.2) is 26.3 Å².